The van der Waals surface area contributed by atoms with Crippen LogP contribution in [-0.4, -0.2) is 38.8 Å². The zero-order valence-corrected chi connectivity index (χ0v) is 15.8. The van der Waals surface area contributed by atoms with E-state index in [2.05, 4.69) is 10.2 Å². The van der Waals surface area contributed by atoms with Crippen LogP contribution < -0.4 is 5.84 Å². The van der Waals surface area contributed by atoms with E-state index >= 15 is 0 Å². The van der Waals surface area contributed by atoms with E-state index in [9.17, 15) is 4.79 Å². The first-order chi connectivity index (χ1) is 11.9. The molecule has 7 heteroatoms. The number of benzene rings is 1. The zero-order valence-electron chi connectivity index (χ0n) is 15.0. The summed E-state index contributed by atoms with van der Waals surface area (Å²) < 4.78 is 1.51. The van der Waals surface area contributed by atoms with E-state index in [1.807, 2.05) is 56.0 Å². The molecule has 1 unspecified atom stereocenters. The maximum absolute atomic E-state index is 13.1. The Balaban J connectivity index is 1.90. The number of aromatic nitrogens is 3. The molecule has 1 aromatic heterocycles. The fourth-order valence-corrected chi connectivity index (χ4v) is 4.01. The molecule has 0 radical (unpaired) electrons. The van der Waals surface area contributed by atoms with Crippen LogP contribution in [0.3, 0.4) is 0 Å². The van der Waals surface area contributed by atoms with Gasteiger partial charge in [0, 0.05) is 18.5 Å². The predicted molar refractivity (Wildman–Crippen MR) is 99.7 cm³/mol. The molecule has 6 nitrogen and oxygen atoms in total. The quantitative estimate of drug-likeness (QED) is 0.671. The smallest absolute Gasteiger partial charge is 0.240 e. The summed E-state index contributed by atoms with van der Waals surface area (Å²) in [6, 6.07) is 9.82. The van der Waals surface area contributed by atoms with Crippen LogP contribution in [0.4, 0.5) is 0 Å². The summed E-state index contributed by atoms with van der Waals surface area (Å²) in [7, 11) is 0. The monoisotopic (exact) mass is 359 g/mol. The average Bonchev–Trinajstić information content (AvgIpc) is 3.22. The number of hydrogen-bond acceptors (Lipinski definition) is 5. The van der Waals surface area contributed by atoms with Crippen LogP contribution in [0.15, 0.2) is 35.5 Å². The molecule has 1 fully saturated rings. The second-order valence-corrected chi connectivity index (χ2v) is 8.44. The minimum absolute atomic E-state index is 0.119. The first-order valence-corrected chi connectivity index (χ1v) is 9.47. The molecule has 0 saturated carbocycles. The molecule has 134 valence electrons. The highest BCUT2D eigenvalue weighted by molar-refractivity contribution is 8.00. The second kappa shape index (κ2) is 7.07. The van der Waals surface area contributed by atoms with Crippen LogP contribution in [0.5, 0.6) is 0 Å². The lowest BCUT2D eigenvalue weighted by molar-refractivity contribution is -0.129. The van der Waals surface area contributed by atoms with Gasteiger partial charge in [0.2, 0.25) is 11.1 Å². The maximum atomic E-state index is 13.1. The fraction of sp³-hybridized carbons (Fsp3) is 0.500. The van der Waals surface area contributed by atoms with Gasteiger partial charge in [0.05, 0.1) is 0 Å². The minimum Gasteiger partial charge on any atom is -0.341 e. The van der Waals surface area contributed by atoms with Crippen molar-refractivity contribution < 1.29 is 4.79 Å². The average molecular weight is 359 g/mol. The van der Waals surface area contributed by atoms with Crippen LogP contribution in [0.2, 0.25) is 0 Å². The van der Waals surface area contributed by atoms with Crippen molar-refractivity contribution in [2.24, 2.45) is 0 Å². The summed E-state index contributed by atoms with van der Waals surface area (Å²) in [6.45, 7) is 7.77. The Kier molecular flexibility index (Phi) is 5.03. The van der Waals surface area contributed by atoms with E-state index < -0.39 is 0 Å². The number of rotatable bonds is 4. The molecule has 2 N–H and O–H groups in total. The first kappa shape index (κ1) is 17.8. The van der Waals surface area contributed by atoms with Crippen molar-refractivity contribution in [1.29, 1.82) is 0 Å². The molecule has 1 aliphatic rings. The standard InChI is InChI=1S/C18H25N5OS/c1-18(2,3)16-20-21-17(23(16)19)25-14(13-9-5-4-6-10-13)15(24)22-11-7-8-12-22/h4-6,9-10,14H,7-8,11-12,19H2,1-3H3. The molecule has 1 aromatic carbocycles. The molecule has 2 heterocycles. The van der Waals surface area contributed by atoms with Crippen molar-refractivity contribution >= 4 is 17.7 Å². The number of thioether (sulfide) groups is 1. The van der Waals surface area contributed by atoms with Gasteiger partial charge in [0.25, 0.3) is 0 Å². The lowest BCUT2D eigenvalue weighted by Crippen LogP contribution is -2.32. The second-order valence-electron chi connectivity index (χ2n) is 7.37. The Hall–Kier alpha value is -2.02. The SMILES string of the molecule is CC(C)(C)c1nnc(SC(C(=O)N2CCCC2)c2ccccc2)n1N. The van der Waals surface area contributed by atoms with Crippen molar-refractivity contribution in [3.63, 3.8) is 0 Å². The highest BCUT2D eigenvalue weighted by Crippen LogP contribution is 2.37. The highest BCUT2D eigenvalue weighted by Gasteiger charge is 2.31. The number of carbonyl (C=O) groups excluding carboxylic acids is 1. The third-order valence-electron chi connectivity index (χ3n) is 4.30. The highest BCUT2D eigenvalue weighted by atomic mass is 32.2. The fourth-order valence-electron chi connectivity index (χ4n) is 2.97. The van der Waals surface area contributed by atoms with Crippen LogP contribution in [0.1, 0.15) is 50.3 Å². The number of nitrogens with zero attached hydrogens (tertiary/aromatic N) is 4. The summed E-state index contributed by atoms with van der Waals surface area (Å²) in [6.07, 6.45) is 2.14. The molecule has 2 aromatic rings. The molecule has 1 amide bonds. The Bertz CT molecular complexity index is 732. The van der Waals surface area contributed by atoms with Gasteiger partial charge in [-0.15, -0.1) is 10.2 Å². The normalized spacial score (nSPS) is 16.2. The van der Waals surface area contributed by atoms with Gasteiger partial charge in [-0.25, -0.2) is 4.68 Å². The van der Waals surface area contributed by atoms with E-state index in [4.69, 9.17) is 5.84 Å². The molecule has 1 atom stereocenters. The molecular formula is C18H25N5OS. The summed E-state index contributed by atoms with van der Waals surface area (Å²) in [5, 5.41) is 8.67. The van der Waals surface area contributed by atoms with Crippen molar-refractivity contribution in [3.05, 3.63) is 41.7 Å². The van der Waals surface area contributed by atoms with E-state index in [1.54, 1.807) is 0 Å². The largest absolute Gasteiger partial charge is 0.341 e. The number of likely N-dealkylation sites (tertiary alicyclic amines) is 1. The number of amides is 1. The molecule has 0 aliphatic carbocycles. The lowest BCUT2D eigenvalue weighted by atomic mass is 9.96. The Morgan fingerprint density at radius 3 is 2.36 bits per heavy atom. The lowest BCUT2D eigenvalue weighted by Gasteiger charge is -2.23. The van der Waals surface area contributed by atoms with Crippen LogP contribution in [0, 0.1) is 0 Å². The molecule has 25 heavy (non-hydrogen) atoms. The van der Waals surface area contributed by atoms with Crippen molar-refractivity contribution in [3.8, 4) is 0 Å². The third kappa shape index (κ3) is 3.81. The van der Waals surface area contributed by atoms with Crippen LogP contribution >= 0.6 is 11.8 Å². The Morgan fingerprint density at radius 2 is 1.80 bits per heavy atom. The van der Waals surface area contributed by atoms with Crippen LogP contribution in [0.25, 0.3) is 0 Å². The number of nitrogen functional groups attached to an aromatic ring is 1. The van der Waals surface area contributed by atoms with Gasteiger partial charge in [0.1, 0.15) is 5.25 Å². The van der Waals surface area contributed by atoms with Crippen molar-refractivity contribution in [1.82, 2.24) is 19.8 Å². The Labute approximate surface area is 152 Å². The van der Waals surface area contributed by atoms with E-state index in [-0.39, 0.29) is 16.6 Å². The molecule has 1 saturated heterocycles. The van der Waals surface area contributed by atoms with E-state index in [1.165, 1.54) is 16.4 Å². The van der Waals surface area contributed by atoms with Gasteiger partial charge in [-0.3, -0.25) is 4.79 Å². The molecule has 0 bridgehead atoms. The van der Waals surface area contributed by atoms with Gasteiger partial charge in [-0.2, -0.15) is 0 Å². The summed E-state index contributed by atoms with van der Waals surface area (Å²) in [4.78, 5) is 15.0. The molecule has 1 aliphatic heterocycles. The summed E-state index contributed by atoms with van der Waals surface area (Å²) in [5.41, 5.74) is 0.756. The maximum Gasteiger partial charge on any atom is 0.240 e. The molecular weight excluding hydrogens is 334 g/mol. The van der Waals surface area contributed by atoms with Crippen molar-refractivity contribution in [2.45, 2.75) is 49.4 Å². The topological polar surface area (TPSA) is 77.0 Å². The Morgan fingerprint density at radius 1 is 1.16 bits per heavy atom. The van der Waals surface area contributed by atoms with Gasteiger partial charge < -0.3 is 10.7 Å². The number of hydrogen-bond donors (Lipinski definition) is 1. The van der Waals surface area contributed by atoms with Crippen molar-refractivity contribution in [2.75, 3.05) is 18.9 Å². The first-order valence-electron chi connectivity index (χ1n) is 8.59. The molecule has 3 rings (SSSR count). The third-order valence-corrected chi connectivity index (χ3v) is 5.50. The summed E-state index contributed by atoms with van der Waals surface area (Å²) in [5.74, 6) is 7.04. The van der Waals surface area contributed by atoms with Crippen LogP contribution in [-0.2, 0) is 10.2 Å². The van der Waals surface area contributed by atoms with E-state index in [0.717, 1.165) is 31.5 Å². The minimum atomic E-state index is -0.362. The van der Waals surface area contributed by atoms with Gasteiger partial charge >= 0.3 is 0 Å². The number of carbonyl (C=O) groups is 1. The molecule has 0 spiro atoms. The van der Waals surface area contributed by atoms with Gasteiger partial charge in [-0.05, 0) is 18.4 Å². The van der Waals surface area contributed by atoms with Gasteiger partial charge in [-0.1, -0.05) is 62.9 Å². The zero-order chi connectivity index (χ0) is 18.0. The number of nitrogens with two attached hydrogens (primary N) is 1. The van der Waals surface area contributed by atoms with Gasteiger partial charge in [0.15, 0.2) is 5.82 Å². The summed E-state index contributed by atoms with van der Waals surface area (Å²) >= 11 is 1.37. The predicted octanol–water partition coefficient (Wildman–Crippen LogP) is 2.75. The van der Waals surface area contributed by atoms with E-state index in [0.29, 0.717) is 11.0 Å².